The summed E-state index contributed by atoms with van der Waals surface area (Å²) in [7, 11) is 1.33. The molecule has 1 aromatic rings. The molecule has 0 spiro atoms. The summed E-state index contributed by atoms with van der Waals surface area (Å²) in [5.41, 5.74) is 0.988. The van der Waals surface area contributed by atoms with E-state index in [-0.39, 0.29) is 23.7 Å². The lowest BCUT2D eigenvalue weighted by Crippen LogP contribution is -2.45. The van der Waals surface area contributed by atoms with E-state index >= 15 is 0 Å². The first-order valence-corrected chi connectivity index (χ1v) is 8.86. The van der Waals surface area contributed by atoms with E-state index in [0.29, 0.717) is 37.2 Å². The van der Waals surface area contributed by atoms with Crippen LogP contribution >= 0.6 is 0 Å². The number of hydrogen-bond acceptors (Lipinski definition) is 4. The van der Waals surface area contributed by atoms with Crippen LogP contribution in [0.25, 0.3) is 0 Å². The molecule has 0 radical (unpaired) electrons. The summed E-state index contributed by atoms with van der Waals surface area (Å²) in [6.07, 6.45) is 4.54. The van der Waals surface area contributed by atoms with E-state index in [1.807, 2.05) is 4.90 Å². The van der Waals surface area contributed by atoms with Crippen LogP contribution in [0.4, 0.5) is 5.69 Å². The van der Waals surface area contributed by atoms with Gasteiger partial charge >= 0.3 is 5.97 Å². The van der Waals surface area contributed by atoms with Gasteiger partial charge in [-0.25, -0.2) is 4.79 Å². The molecule has 0 bridgehead atoms. The van der Waals surface area contributed by atoms with Crippen molar-refractivity contribution in [3.8, 4) is 0 Å². The number of anilines is 1. The zero-order valence-electron chi connectivity index (χ0n) is 14.5. The van der Waals surface area contributed by atoms with Gasteiger partial charge in [0.05, 0.1) is 12.7 Å². The highest BCUT2D eigenvalue weighted by Gasteiger charge is 2.33. The fraction of sp³-hybridized carbons (Fsp3) is 0.526. The minimum atomic E-state index is -0.432. The lowest BCUT2D eigenvalue weighted by Gasteiger charge is -2.36. The van der Waals surface area contributed by atoms with Gasteiger partial charge in [0.1, 0.15) is 0 Å². The van der Waals surface area contributed by atoms with Gasteiger partial charge in [0.25, 0.3) is 0 Å². The largest absolute Gasteiger partial charge is 0.465 e. The molecule has 1 heterocycles. The highest BCUT2D eigenvalue weighted by atomic mass is 16.5. The Balaban J connectivity index is 1.52. The topological polar surface area (TPSA) is 75.7 Å². The molecule has 0 unspecified atom stereocenters. The van der Waals surface area contributed by atoms with Gasteiger partial charge in [0.2, 0.25) is 11.8 Å². The second kappa shape index (κ2) is 7.68. The van der Waals surface area contributed by atoms with E-state index in [0.717, 1.165) is 19.3 Å². The van der Waals surface area contributed by atoms with Crippen molar-refractivity contribution in [1.82, 2.24) is 4.90 Å². The highest BCUT2D eigenvalue weighted by Crippen LogP contribution is 2.30. The number of methoxy groups -OCH3 is 1. The van der Waals surface area contributed by atoms with E-state index < -0.39 is 5.97 Å². The fourth-order valence-electron chi connectivity index (χ4n) is 3.36. The summed E-state index contributed by atoms with van der Waals surface area (Å²) in [6, 6.07) is 6.71. The quantitative estimate of drug-likeness (QED) is 0.851. The summed E-state index contributed by atoms with van der Waals surface area (Å²) in [5, 5.41) is 2.87. The number of nitrogens with zero attached hydrogens (tertiary/aromatic N) is 1. The number of nitrogens with one attached hydrogen (secondary N) is 1. The van der Waals surface area contributed by atoms with Crippen LogP contribution in [0.5, 0.6) is 0 Å². The third kappa shape index (κ3) is 4.00. The van der Waals surface area contributed by atoms with E-state index in [1.165, 1.54) is 7.11 Å². The Morgan fingerprint density at radius 2 is 1.80 bits per heavy atom. The molecular formula is C19H24N2O4. The Bertz CT molecular complexity index is 661. The first kappa shape index (κ1) is 17.5. The predicted octanol–water partition coefficient (Wildman–Crippen LogP) is 2.45. The third-order valence-corrected chi connectivity index (χ3v) is 5.18. The van der Waals surface area contributed by atoms with Crippen LogP contribution in [0.3, 0.4) is 0 Å². The average molecular weight is 344 g/mol. The van der Waals surface area contributed by atoms with Crippen molar-refractivity contribution in [2.45, 2.75) is 32.1 Å². The fourth-order valence-corrected chi connectivity index (χ4v) is 3.36. The SMILES string of the molecule is COC(=O)c1cccc(NC(=O)C2CCN(C(=O)C3CCC3)CC2)c1. The summed E-state index contributed by atoms with van der Waals surface area (Å²) in [5.74, 6) is -0.119. The van der Waals surface area contributed by atoms with E-state index in [9.17, 15) is 14.4 Å². The van der Waals surface area contributed by atoms with Crippen molar-refractivity contribution in [1.29, 1.82) is 0 Å². The number of ether oxygens (including phenoxy) is 1. The van der Waals surface area contributed by atoms with Gasteiger partial charge in [-0.3, -0.25) is 9.59 Å². The molecule has 0 atom stereocenters. The molecule has 1 saturated carbocycles. The molecule has 1 N–H and O–H groups in total. The molecule has 1 aliphatic carbocycles. The Hall–Kier alpha value is -2.37. The number of amides is 2. The van der Waals surface area contributed by atoms with Gasteiger partial charge in [0.15, 0.2) is 0 Å². The number of likely N-dealkylation sites (tertiary alicyclic amines) is 1. The lowest BCUT2D eigenvalue weighted by atomic mass is 9.83. The van der Waals surface area contributed by atoms with E-state index in [2.05, 4.69) is 5.32 Å². The van der Waals surface area contributed by atoms with Crippen molar-refractivity contribution in [2.24, 2.45) is 11.8 Å². The third-order valence-electron chi connectivity index (χ3n) is 5.18. The molecule has 25 heavy (non-hydrogen) atoms. The van der Waals surface area contributed by atoms with Crippen LogP contribution < -0.4 is 5.32 Å². The first-order valence-electron chi connectivity index (χ1n) is 8.86. The van der Waals surface area contributed by atoms with Gasteiger partial charge in [-0.05, 0) is 43.9 Å². The first-order chi connectivity index (χ1) is 12.1. The van der Waals surface area contributed by atoms with Crippen LogP contribution in [0.2, 0.25) is 0 Å². The number of piperidine rings is 1. The average Bonchev–Trinajstić information content (AvgIpc) is 2.60. The van der Waals surface area contributed by atoms with Crippen LogP contribution in [0.1, 0.15) is 42.5 Å². The van der Waals surface area contributed by atoms with Crippen LogP contribution in [0, 0.1) is 11.8 Å². The minimum Gasteiger partial charge on any atom is -0.465 e. The van der Waals surface area contributed by atoms with Gasteiger partial charge in [-0.2, -0.15) is 0 Å². The highest BCUT2D eigenvalue weighted by molar-refractivity contribution is 5.95. The molecule has 2 aliphatic rings. The molecule has 2 fully saturated rings. The smallest absolute Gasteiger partial charge is 0.337 e. The number of hydrogen-bond donors (Lipinski definition) is 1. The molecule has 1 saturated heterocycles. The maximum absolute atomic E-state index is 12.5. The van der Waals surface area contributed by atoms with Gasteiger partial charge < -0.3 is 15.0 Å². The molecule has 134 valence electrons. The maximum Gasteiger partial charge on any atom is 0.337 e. The van der Waals surface area contributed by atoms with Gasteiger partial charge in [-0.1, -0.05) is 12.5 Å². The predicted molar refractivity (Wildman–Crippen MR) is 93.1 cm³/mol. The summed E-state index contributed by atoms with van der Waals surface area (Å²) in [6.45, 7) is 1.30. The molecule has 1 aliphatic heterocycles. The monoisotopic (exact) mass is 344 g/mol. The van der Waals surface area contributed by atoms with Crippen molar-refractivity contribution < 1.29 is 19.1 Å². The van der Waals surface area contributed by atoms with E-state index in [4.69, 9.17) is 4.74 Å². The van der Waals surface area contributed by atoms with Crippen molar-refractivity contribution in [3.63, 3.8) is 0 Å². The number of benzene rings is 1. The number of carbonyl (C=O) groups is 3. The Kier molecular flexibility index (Phi) is 5.36. The summed E-state index contributed by atoms with van der Waals surface area (Å²) >= 11 is 0. The van der Waals surface area contributed by atoms with Crippen LogP contribution in [-0.4, -0.2) is 42.9 Å². The number of carbonyl (C=O) groups excluding carboxylic acids is 3. The van der Waals surface area contributed by atoms with Crippen molar-refractivity contribution >= 4 is 23.5 Å². The zero-order chi connectivity index (χ0) is 17.8. The number of rotatable bonds is 4. The van der Waals surface area contributed by atoms with Crippen LogP contribution in [0.15, 0.2) is 24.3 Å². The Morgan fingerprint density at radius 3 is 2.40 bits per heavy atom. The molecule has 0 aromatic heterocycles. The molecule has 2 amide bonds. The lowest BCUT2D eigenvalue weighted by molar-refractivity contribution is -0.140. The Morgan fingerprint density at radius 1 is 1.08 bits per heavy atom. The number of esters is 1. The minimum absolute atomic E-state index is 0.0576. The maximum atomic E-state index is 12.5. The molecule has 6 heteroatoms. The molecule has 1 aromatic carbocycles. The summed E-state index contributed by atoms with van der Waals surface area (Å²) in [4.78, 5) is 38.2. The Labute approximate surface area is 147 Å². The van der Waals surface area contributed by atoms with Gasteiger partial charge in [-0.15, -0.1) is 0 Å². The standard InChI is InChI=1S/C19H24N2O4/c1-25-19(24)15-6-3-7-16(12-15)20-17(22)13-8-10-21(11-9-13)18(23)14-4-2-5-14/h3,6-7,12-14H,2,4-5,8-11H2,1H3,(H,20,22). The second-order valence-electron chi connectivity index (χ2n) is 6.79. The molecular weight excluding hydrogens is 320 g/mol. The van der Waals surface area contributed by atoms with Gasteiger partial charge in [0, 0.05) is 30.6 Å². The molecule has 3 rings (SSSR count). The second-order valence-corrected chi connectivity index (χ2v) is 6.79. The van der Waals surface area contributed by atoms with E-state index in [1.54, 1.807) is 24.3 Å². The van der Waals surface area contributed by atoms with Crippen molar-refractivity contribution in [3.05, 3.63) is 29.8 Å². The zero-order valence-corrected chi connectivity index (χ0v) is 14.5. The summed E-state index contributed by atoms with van der Waals surface area (Å²) < 4.78 is 4.69. The van der Waals surface area contributed by atoms with Crippen LogP contribution in [-0.2, 0) is 14.3 Å². The normalized spacial score (nSPS) is 18.4. The molecule has 6 nitrogen and oxygen atoms in total. The van der Waals surface area contributed by atoms with Crippen molar-refractivity contribution in [2.75, 3.05) is 25.5 Å².